The van der Waals surface area contributed by atoms with Crippen LogP contribution in [-0.4, -0.2) is 43.8 Å². The minimum Gasteiger partial charge on any atom is -0.313 e. The maximum Gasteiger partial charge on any atom is 0.289 e. The van der Waals surface area contributed by atoms with Crippen molar-refractivity contribution in [1.29, 1.82) is 0 Å². The van der Waals surface area contributed by atoms with Crippen molar-refractivity contribution in [2.24, 2.45) is 0 Å². The first-order chi connectivity index (χ1) is 9.43. The van der Waals surface area contributed by atoms with E-state index in [1.54, 1.807) is 0 Å². The van der Waals surface area contributed by atoms with Crippen LogP contribution in [0.1, 0.15) is 12.8 Å². The lowest BCUT2D eigenvalue weighted by atomic mass is 10.2. The molecular weight excluding hydrogens is 318 g/mol. The van der Waals surface area contributed by atoms with Gasteiger partial charge in [-0.3, -0.25) is 10.1 Å². The molecule has 0 aliphatic carbocycles. The third kappa shape index (κ3) is 3.91. The maximum atomic E-state index is 12.4. The fourth-order valence-corrected chi connectivity index (χ4v) is 3.68. The lowest BCUT2D eigenvalue weighted by Gasteiger charge is -2.20. The quantitative estimate of drug-likeness (QED) is 0.648. The molecule has 1 aromatic rings. The fraction of sp³-hybridized carbons (Fsp3) is 0.500. The van der Waals surface area contributed by atoms with E-state index in [9.17, 15) is 18.5 Å². The average Bonchev–Trinajstić information content (AvgIpc) is 2.91. The van der Waals surface area contributed by atoms with Gasteiger partial charge in [-0.2, -0.15) is 4.31 Å². The number of para-hydroxylation sites is 1. The smallest absolute Gasteiger partial charge is 0.289 e. The number of rotatable bonds is 5. The molecule has 0 spiro atoms. The predicted octanol–water partition coefficient (Wildman–Crippen LogP) is 1.39. The van der Waals surface area contributed by atoms with Crippen LogP contribution in [0.2, 0.25) is 0 Å². The van der Waals surface area contributed by atoms with E-state index in [1.165, 1.54) is 35.6 Å². The van der Waals surface area contributed by atoms with Crippen molar-refractivity contribution in [3.05, 3.63) is 34.4 Å². The Kier molecular flexibility index (Phi) is 6.09. The molecule has 1 N–H and O–H groups in total. The molecule has 0 radical (unpaired) electrons. The minimum atomic E-state index is -3.85. The van der Waals surface area contributed by atoms with E-state index in [-0.39, 0.29) is 23.3 Å². The lowest BCUT2D eigenvalue weighted by Crippen LogP contribution is -2.38. The Morgan fingerprint density at radius 2 is 2.10 bits per heavy atom. The van der Waals surface area contributed by atoms with Crippen LogP contribution >= 0.6 is 12.4 Å². The van der Waals surface area contributed by atoms with E-state index >= 15 is 0 Å². The molecule has 1 saturated heterocycles. The Morgan fingerprint density at radius 3 is 2.67 bits per heavy atom. The number of nitro groups is 1. The first-order valence-corrected chi connectivity index (χ1v) is 7.80. The summed E-state index contributed by atoms with van der Waals surface area (Å²) in [5.74, 6) is 0. The standard InChI is InChI=1S/C12H17N3O4S.ClH/c1-14(9-10-5-4-8-13-10)20(18,19)12-7-3-2-6-11(12)15(16)17;/h2-3,6-7,10,13H,4-5,8-9H2,1H3;1H. The summed E-state index contributed by atoms with van der Waals surface area (Å²) < 4.78 is 26.1. The highest BCUT2D eigenvalue weighted by Crippen LogP contribution is 2.25. The highest BCUT2D eigenvalue weighted by molar-refractivity contribution is 7.89. The number of benzene rings is 1. The van der Waals surface area contributed by atoms with Crippen molar-refractivity contribution in [2.75, 3.05) is 20.1 Å². The maximum absolute atomic E-state index is 12.4. The van der Waals surface area contributed by atoms with Crippen molar-refractivity contribution in [3.63, 3.8) is 0 Å². The summed E-state index contributed by atoms with van der Waals surface area (Å²) in [5.41, 5.74) is -0.390. The molecular formula is C12H18ClN3O4S. The third-order valence-electron chi connectivity index (χ3n) is 3.39. The van der Waals surface area contributed by atoms with E-state index in [0.717, 1.165) is 19.4 Å². The Hall–Kier alpha value is -1.22. The third-order valence-corrected chi connectivity index (χ3v) is 5.26. The Morgan fingerprint density at radius 1 is 1.43 bits per heavy atom. The van der Waals surface area contributed by atoms with Crippen LogP contribution in [0.25, 0.3) is 0 Å². The average molecular weight is 336 g/mol. The van der Waals surface area contributed by atoms with Crippen LogP contribution < -0.4 is 5.32 Å². The van der Waals surface area contributed by atoms with Crippen molar-refractivity contribution < 1.29 is 13.3 Å². The SMILES string of the molecule is CN(CC1CCCN1)S(=O)(=O)c1ccccc1[N+](=O)[O-].Cl. The van der Waals surface area contributed by atoms with Crippen molar-refractivity contribution >= 4 is 28.1 Å². The second kappa shape index (κ2) is 7.17. The van der Waals surface area contributed by atoms with Crippen LogP contribution in [0.3, 0.4) is 0 Å². The molecule has 1 unspecified atom stereocenters. The molecule has 0 amide bonds. The number of likely N-dealkylation sites (N-methyl/N-ethyl adjacent to an activating group) is 1. The van der Waals surface area contributed by atoms with Crippen LogP contribution in [0, 0.1) is 10.1 Å². The highest BCUT2D eigenvalue weighted by atomic mass is 35.5. The minimum absolute atomic E-state index is 0. The van der Waals surface area contributed by atoms with Crippen molar-refractivity contribution in [3.8, 4) is 0 Å². The van der Waals surface area contributed by atoms with Gasteiger partial charge >= 0.3 is 0 Å². The number of nitrogens with zero attached hydrogens (tertiary/aromatic N) is 2. The van der Waals surface area contributed by atoms with Gasteiger partial charge in [0.2, 0.25) is 10.0 Å². The zero-order valence-corrected chi connectivity index (χ0v) is 13.2. The van der Waals surface area contributed by atoms with Gasteiger partial charge in [0.1, 0.15) is 0 Å². The molecule has 0 bridgehead atoms. The molecule has 1 aromatic carbocycles. The molecule has 0 aromatic heterocycles. The van der Waals surface area contributed by atoms with Gasteiger partial charge in [-0.25, -0.2) is 8.42 Å². The van der Waals surface area contributed by atoms with E-state index in [4.69, 9.17) is 0 Å². The van der Waals surface area contributed by atoms with Gasteiger partial charge in [-0.05, 0) is 25.5 Å². The molecule has 1 fully saturated rings. The molecule has 118 valence electrons. The number of halogens is 1. The highest BCUT2D eigenvalue weighted by Gasteiger charge is 2.30. The summed E-state index contributed by atoms with van der Waals surface area (Å²) in [5, 5.41) is 14.2. The molecule has 9 heteroatoms. The molecule has 1 aliphatic heterocycles. The van der Waals surface area contributed by atoms with E-state index < -0.39 is 20.6 Å². The second-order valence-electron chi connectivity index (χ2n) is 4.80. The normalized spacial score (nSPS) is 18.5. The lowest BCUT2D eigenvalue weighted by molar-refractivity contribution is -0.387. The molecule has 1 aliphatic rings. The van der Waals surface area contributed by atoms with Gasteiger partial charge in [0.25, 0.3) is 5.69 Å². The topological polar surface area (TPSA) is 92.6 Å². The summed E-state index contributed by atoms with van der Waals surface area (Å²) in [4.78, 5) is 10.0. The van der Waals surface area contributed by atoms with Crippen LogP contribution in [0.15, 0.2) is 29.2 Å². The number of sulfonamides is 1. The van der Waals surface area contributed by atoms with Gasteiger partial charge in [0.05, 0.1) is 4.92 Å². The Labute approximate surface area is 129 Å². The largest absolute Gasteiger partial charge is 0.313 e. The van der Waals surface area contributed by atoms with Crippen molar-refractivity contribution in [2.45, 2.75) is 23.8 Å². The molecule has 1 heterocycles. The number of nitro benzene ring substituents is 1. The monoisotopic (exact) mass is 335 g/mol. The Balaban J connectivity index is 0.00000220. The number of hydrogen-bond donors (Lipinski definition) is 1. The molecule has 2 rings (SSSR count). The Bertz CT molecular complexity index is 602. The first-order valence-electron chi connectivity index (χ1n) is 6.36. The van der Waals surface area contributed by atoms with Crippen LogP contribution in [0.4, 0.5) is 5.69 Å². The second-order valence-corrected chi connectivity index (χ2v) is 6.82. The van der Waals surface area contributed by atoms with Crippen LogP contribution in [0.5, 0.6) is 0 Å². The summed E-state index contributed by atoms with van der Waals surface area (Å²) in [6.45, 7) is 1.19. The van der Waals surface area contributed by atoms with Crippen LogP contribution in [-0.2, 0) is 10.0 Å². The molecule has 21 heavy (non-hydrogen) atoms. The fourth-order valence-electron chi connectivity index (χ4n) is 2.32. The van der Waals surface area contributed by atoms with E-state index in [0.29, 0.717) is 6.54 Å². The first kappa shape index (κ1) is 17.8. The van der Waals surface area contributed by atoms with Gasteiger partial charge in [-0.15, -0.1) is 12.4 Å². The molecule has 0 saturated carbocycles. The predicted molar refractivity (Wildman–Crippen MR) is 81.2 cm³/mol. The van der Waals surface area contributed by atoms with E-state index in [2.05, 4.69) is 5.32 Å². The molecule has 1 atom stereocenters. The summed E-state index contributed by atoms with van der Waals surface area (Å²) >= 11 is 0. The summed E-state index contributed by atoms with van der Waals surface area (Å²) in [6.07, 6.45) is 1.93. The molecule has 7 nitrogen and oxygen atoms in total. The van der Waals surface area contributed by atoms with E-state index in [1.807, 2.05) is 0 Å². The zero-order chi connectivity index (χ0) is 14.8. The number of hydrogen-bond acceptors (Lipinski definition) is 5. The van der Waals surface area contributed by atoms with Crippen molar-refractivity contribution in [1.82, 2.24) is 9.62 Å². The zero-order valence-electron chi connectivity index (χ0n) is 11.6. The van der Waals surface area contributed by atoms with Gasteiger partial charge in [0.15, 0.2) is 4.90 Å². The number of nitrogens with one attached hydrogen (secondary N) is 1. The van der Waals surface area contributed by atoms with Gasteiger partial charge < -0.3 is 5.32 Å². The summed E-state index contributed by atoms with van der Waals surface area (Å²) in [6, 6.07) is 5.52. The van der Waals surface area contributed by atoms with Gasteiger partial charge in [-0.1, -0.05) is 12.1 Å². The summed E-state index contributed by atoms with van der Waals surface area (Å²) in [7, 11) is -2.40. The van der Waals surface area contributed by atoms with Gasteiger partial charge in [0, 0.05) is 25.7 Å².